The average molecular weight is 237 g/mol. The van der Waals surface area contributed by atoms with Crippen LogP contribution in [0.4, 0.5) is 0 Å². The Labute approximate surface area is 100.0 Å². The minimum absolute atomic E-state index is 0. The summed E-state index contributed by atoms with van der Waals surface area (Å²) in [6.45, 7) is 8.95. The Kier molecular flexibility index (Phi) is 9.51. The molecule has 1 heterocycles. The Bertz CT molecular complexity index is 123. The summed E-state index contributed by atoms with van der Waals surface area (Å²) in [7, 11) is 1.78. The number of piperidine rings is 1. The van der Waals surface area contributed by atoms with E-state index in [0.29, 0.717) is 0 Å². The number of nitrogens with zero attached hydrogens (tertiary/aromatic N) is 1. The van der Waals surface area contributed by atoms with Gasteiger partial charge < -0.3 is 15.0 Å². The van der Waals surface area contributed by atoms with E-state index in [9.17, 15) is 0 Å². The summed E-state index contributed by atoms with van der Waals surface area (Å²) in [6.07, 6.45) is 2.69. The lowest BCUT2D eigenvalue weighted by molar-refractivity contribution is 0.120. The lowest BCUT2D eigenvalue weighted by Crippen LogP contribution is -2.38. The van der Waals surface area contributed by atoms with Crippen molar-refractivity contribution in [2.45, 2.75) is 19.8 Å². The maximum atomic E-state index is 5.08. The number of ether oxygens (including phenoxy) is 1. The van der Waals surface area contributed by atoms with Crippen molar-refractivity contribution < 1.29 is 4.74 Å². The van der Waals surface area contributed by atoms with Gasteiger partial charge in [0.1, 0.15) is 0 Å². The van der Waals surface area contributed by atoms with E-state index < -0.39 is 0 Å². The van der Waals surface area contributed by atoms with Gasteiger partial charge in [0.15, 0.2) is 0 Å². The summed E-state index contributed by atoms with van der Waals surface area (Å²) in [5.74, 6) is 0.897. The third-order valence-corrected chi connectivity index (χ3v) is 3.00. The van der Waals surface area contributed by atoms with Crippen LogP contribution in [0.25, 0.3) is 0 Å². The van der Waals surface area contributed by atoms with Gasteiger partial charge in [-0.2, -0.15) is 0 Å². The number of halogens is 1. The van der Waals surface area contributed by atoms with Gasteiger partial charge in [-0.3, -0.25) is 0 Å². The molecule has 0 amide bonds. The third kappa shape index (κ3) is 6.36. The molecule has 1 aliphatic rings. The standard InChI is InChI=1S/C11H24N2O.ClH/c1-3-12-10-11-4-6-13(7-5-11)8-9-14-2;/h11-12H,3-10H2,1-2H3;1H. The minimum Gasteiger partial charge on any atom is -0.383 e. The summed E-state index contributed by atoms with van der Waals surface area (Å²) >= 11 is 0. The van der Waals surface area contributed by atoms with Crippen LogP contribution in [0.3, 0.4) is 0 Å². The molecule has 0 unspecified atom stereocenters. The number of likely N-dealkylation sites (tertiary alicyclic amines) is 1. The number of hydrogen-bond donors (Lipinski definition) is 1. The summed E-state index contributed by atoms with van der Waals surface area (Å²) in [4.78, 5) is 2.51. The largest absolute Gasteiger partial charge is 0.383 e. The predicted octanol–water partition coefficient (Wildman–Crippen LogP) is 1.38. The van der Waals surface area contributed by atoms with E-state index >= 15 is 0 Å². The maximum absolute atomic E-state index is 5.08. The number of hydrogen-bond acceptors (Lipinski definition) is 3. The second-order valence-corrected chi connectivity index (χ2v) is 4.09. The highest BCUT2D eigenvalue weighted by molar-refractivity contribution is 5.85. The summed E-state index contributed by atoms with van der Waals surface area (Å²) in [6, 6.07) is 0. The van der Waals surface area contributed by atoms with Crippen molar-refractivity contribution in [2.75, 3.05) is 46.4 Å². The van der Waals surface area contributed by atoms with Gasteiger partial charge in [-0.25, -0.2) is 0 Å². The predicted molar refractivity (Wildman–Crippen MR) is 66.8 cm³/mol. The molecule has 4 heteroatoms. The zero-order valence-electron chi connectivity index (χ0n) is 10.00. The SMILES string of the molecule is CCNCC1CCN(CCOC)CC1.Cl. The monoisotopic (exact) mass is 236 g/mol. The lowest BCUT2D eigenvalue weighted by atomic mass is 9.97. The van der Waals surface area contributed by atoms with Crippen LogP contribution in [0, 0.1) is 5.92 Å². The first-order chi connectivity index (χ1) is 6.86. The van der Waals surface area contributed by atoms with Crippen LogP contribution in [-0.2, 0) is 4.74 Å². The van der Waals surface area contributed by atoms with Gasteiger partial charge in [0.25, 0.3) is 0 Å². The molecule has 1 rings (SSSR count). The molecule has 0 aromatic carbocycles. The highest BCUT2D eigenvalue weighted by Crippen LogP contribution is 2.15. The van der Waals surface area contributed by atoms with Gasteiger partial charge in [-0.05, 0) is 44.9 Å². The Hall–Kier alpha value is 0.170. The fourth-order valence-corrected chi connectivity index (χ4v) is 1.98. The van der Waals surface area contributed by atoms with Crippen LogP contribution in [0.1, 0.15) is 19.8 Å². The molecule has 0 spiro atoms. The van der Waals surface area contributed by atoms with Crippen molar-refractivity contribution in [1.82, 2.24) is 10.2 Å². The zero-order valence-corrected chi connectivity index (χ0v) is 10.8. The Morgan fingerprint density at radius 1 is 1.33 bits per heavy atom. The van der Waals surface area contributed by atoms with E-state index in [1.54, 1.807) is 7.11 Å². The molecule has 1 aliphatic heterocycles. The smallest absolute Gasteiger partial charge is 0.0589 e. The van der Waals surface area contributed by atoms with Gasteiger partial charge in [-0.1, -0.05) is 6.92 Å². The molecular formula is C11H25ClN2O. The molecule has 0 aromatic heterocycles. The van der Waals surface area contributed by atoms with E-state index in [2.05, 4.69) is 17.1 Å². The van der Waals surface area contributed by atoms with Crippen LogP contribution in [0.5, 0.6) is 0 Å². The van der Waals surface area contributed by atoms with Crippen molar-refractivity contribution >= 4 is 12.4 Å². The van der Waals surface area contributed by atoms with E-state index in [0.717, 1.165) is 25.6 Å². The first-order valence-electron chi connectivity index (χ1n) is 5.78. The average Bonchev–Trinajstić information content (AvgIpc) is 2.25. The molecule has 0 aliphatic carbocycles. The molecule has 1 N–H and O–H groups in total. The molecule has 92 valence electrons. The van der Waals surface area contributed by atoms with E-state index in [1.165, 1.54) is 32.5 Å². The molecule has 0 radical (unpaired) electrons. The van der Waals surface area contributed by atoms with Crippen LogP contribution in [-0.4, -0.2) is 51.3 Å². The Balaban J connectivity index is 0.00000196. The number of methoxy groups -OCH3 is 1. The molecule has 0 saturated carbocycles. The fourth-order valence-electron chi connectivity index (χ4n) is 1.98. The first-order valence-corrected chi connectivity index (χ1v) is 5.78. The normalized spacial score (nSPS) is 18.8. The van der Waals surface area contributed by atoms with Gasteiger partial charge in [0.05, 0.1) is 6.61 Å². The first kappa shape index (κ1) is 15.2. The Morgan fingerprint density at radius 3 is 2.53 bits per heavy atom. The molecule has 0 bridgehead atoms. The molecule has 15 heavy (non-hydrogen) atoms. The molecular weight excluding hydrogens is 212 g/mol. The molecule has 3 nitrogen and oxygen atoms in total. The third-order valence-electron chi connectivity index (χ3n) is 3.00. The van der Waals surface area contributed by atoms with Crippen molar-refractivity contribution in [3.8, 4) is 0 Å². The highest BCUT2D eigenvalue weighted by atomic mass is 35.5. The van der Waals surface area contributed by atoms with E-state index in [4.69, 9.17) is 4.74 Å². The highest BCUT2D eigenvalue weighted by Gasteiger charge is 2.17. The van der Waals surface area contributed by atoms with Crippen molar-refractivity contribution in [1.29, 1.82) is 0 Å². The maximum Gasteiger partial charge on any atom is 0.0589 e. The van der Waals surface area contributed by atoms with Crippen molar-refractivity contribution in [2.24, 2.45) is 5.92 Å². The molecule has 1 fully saturated rings. The van der Waals surface area contributed by atoms with Crippen LogP contribution >= 0.6 is 12.4 Å². The topological polar surface area (TPSA) is 24.5 Å². The van der Waals surface area contributed by atoms with Gasteiger partial charge in [0, 0.05) is 13.7 Å². The van der Waals surface area contributed by atoms with E-state index in [1.807, 2.05) is 0 Å². The second-order valence-electron chi connectivity index (χ2n) is 4.09. The molecule has 0 atom stereocenters. The fraction of sp³-hybridized carbons (Fsp3) is 1.00. The van der Waals surface area contributed by atoms with Crippen LogP contribution in [0.15, 0.2) is 0 Å². The summed E-state index contributed by atoms with van der Waals surface area (Å²) in [5.41, 5.74) is 0. The number of rotatable bonds is 6. The van der Waals surface area contributed by atoms with Crippen molar-refractivity contribution in [3.63, 3.8) is 0 Å². The Morgan fingerprint density at radius 2 is 2.00 bits per heavy atom. The van der Waals surface area contributed by atoms with Crippen LogP contribution < -0.4 is 5.32 Å². The quantitative estimate of drug-likeness (QED) is 0.754. The van der Waals surface area contributed by atoms with Crippen molar-refractivity contribution in [3.05, 3.63) is 0 Å². The van der Waals surface area contributed by atoms with Gasteiger partial charge >= 0.3 is 0 Å². The second kappa shape index (κ2) is 9.40. The van der Waals surface area contributed by atoms with Gasteiger partial charge in [-0.15, -0.1) is 12.4 Å². The molecule has 0 aromatic rings. The van der Waals surface area contributed by atoms with Crippen LogP contribution in [0.2, 0.25) is 0 Å². The van der Waals surface area contributed by atoms with Gasteiger partial charge in [0.2, 0.25) is 0 Å². The zero-order chi connectivity index (χ0) is 10.2. The number of nitrogens with one attached hydrogen (secondary N) is 1. The van der Waals surface area contributed by atoms with E-state index in [-0.39, 0.29) is 12.4 Å². The lowest BCUT2D eigenvalue weighted by Gasteiger charge is -2.31. The molecule has 1 saturated heterocycles. The minimum atomic E-state index is 0. The summed E-state index contributed by atoms with van der Waals surface area (Å²) in [5, 5.41) is 3.43. The summed E-state index contributed by atoms with van der Waals surface area (Å²) < 4.78 is 5.08.